The SMILES string of the molecule is CC(=O)OC[C@H]1OC(NC(=O)c2ccc(C(=O)NC3O[C@H](COC(C)=O)[C@H](OC(C)=O)[C@H](OC(C)=O)[C@H]3OC(C)=O)cc2)[C@H](OC(C)=O)[C@@H](OC(C)=O)[C@H]1OC(C)=O. The van der Waals surface area contributed by atoms with Crippen LogP contribution in [0.15, 0.2) is 24.3 Å². The summed E-state index contributed by atoms with van der Waals surface area (Å²) >= 11 is 0. The molecule has 2 fully saturated rings. The van der Waals surface area contributed by atoms with Crippen molar-refractivity contribution < 1.29 is 95.3 Å². The van der Waals surface area contributed by atoms with E-state index in [4.69, 9.17) is 47.4 Å². The Bertz CT molecular complexity index is 1620. The zero-order chi connectivity index (χ0) is 43.4. The maximum absolute atomic E-state index is 13.5. The molecule has 10 atom stereocenters. The molecule has 1 aromatic carbocycles. The van der Waals surface area contributed by atoms with Gasteiger partial charge < -0.3 is 58.0 Å². The van der Waals surface area contributed by atoms with Gasteiger partial charge in [-0.25, -0.2) is 0 Å². The minimum absolute atomic E-state index is 0.0864. The number of carbonyl (C=O) groups excluding carboxylic acids is 10. The van der Waals surface area contributed by atoms with E-state index in [1.165, 1.54) is 24.3 Å². The maximum atomic E-state index is 13.5. The molecule has 0 bridgehead atoms. The van der Waals surface area contributed by atoms with Crippen molar-refractivity contribution in [3.63, 3.8) is 0 Å². The number of amides is 2. The van der Waals surface area contributed by atoms with Gasteiger partial charge in [0.25, 0.3) is 11.8 Å². The van der Waals surface area contributed by atoms with Crippen LogP contribution < -0.4 is 10.6 Å². The fourth-order valence-electron chi connectivity index (χ4n) is 5.89. The molecule has 22 nitrogen and oxygen atoms in total. The van der Waals surface area contributed by atoms with Crippen LogP contribution >= 0.6 is 0 Å². The summed E-state index contributed by atoms with van der Waals surface area (Å²) in [5.41, 5.74) is -0.173. The van der Waals surface area contributed by atoms with Crippen molar-refractivity contribution in [2.24, 2.45) is 0 Å². The third-order valence-corrected chi connectivity index (χ3v) is 7.94. The molecule has 1 aromatic rings. The van der Waals surface area contributed by atoms with Gasteiger partial charge in [0.15, 0.2) is 49.1 Å². The average Bonchev–Trinajstić information content (AvgIpc) is 3.10. The van der Waals surface area contributed by atoms with Crippen LogP contribution in [0, 0.1) is 0 Å². The second-order valence-corrected chi connectivity index (χ2v) is 12.8. The van der Waals surface area contributed by atoms with Gasteiger partial charge in [-0.15, -0.1) is 0 Å². The van der Waals surface area contributed by atoms with Crippen molar-refractivity contribution in [1.82, 2.24) is 10.6 Å². The minimum Gasteiger partial charge on any atom is -0.463 e. The highest BCUT2D eigenvalue weighted by Crippen LogP contribution is 2.30. The molecule has 58 heavy (non-hydrogen) atoms. The normalized spacial score (nSPS) is 26.3. The van der Waals surface area contributed by atoms with Crippen LogP contribution in [-0.2, 0) is 85.7 Å². The van der Waals surface area contributed by atoms with Crippen LogP contribution in [0.5, 0.6) is 0 Å². The van der Waals surface area contributed by atoms with Gasteiger partial charge in [0.05, 0.1) is 0 Å². The quantitative estimate of drug-likeness (QED) is 0.173. The van der Waals surface area contributed by atoms with Gasteiger partial charge in [0.2, 0.25) is 0 Å². The van der Waals surface area contributed by atoms with Crippen LogP contribution in [0.2, 0.25) is 0 Å². The zero-order valence-corrected chi connectivity index (χ0v) is 32.7. The molecule has 3 rings (SSSR count). The number of rotatable bonds is 14. The lowest BCUT2D eigenvalue weighted by atomic mass is 9.96. The van der Waals surface area contributed by atoms with Gasteiger partial charge in [-0.2, -0.15) is 0 Å². The lowest BCUT2D eigenvalue weighted by molar-refractivity contribution is -0.255. The molecule has 318 valence electrons. The van der Waals surface area contributed by atoms with Gasteiger partial charge in [0, 0.05) is 66.5 Å². The molecule has 0 spiro atoms. The zero-order valence-electron chi connectivity index (χ0n) is 32.7. The number of carbonyl (C=O) groups is 10. The molecule has 0 aromatic heterocycles. The fourth-order valence-corrected chi connectivity index (χ4v) is 5.89. The molecule has 2 amide bonds. The summed E-state index contributed by atoms with van der Waals surface area (Å²) in [5, 5.41) is 4.99. The number of hydrogen-bond donors (Lipinski definition) is 2. The molecule has 0 aliphatic carbocycles. The number of ether oxygens (including phenoxy) is 10. The molecule has 2 unspecified atom stereocenters. The van der Waals surface area contributed by atoms with E-state index in [0.29, 0.717) is 0 Å². The van der Waals surface area contributed by atoms with Gasteiger partial charge in [0.1, 0.15) is 25.4 Å². The number of esters is 8. The van der Waals surface area contributed by atoms with E-state index in [1.807, 2.05) is 0 Å². The van der Waals surface area contributed by atoms with E-state index in [1.54, 1.807) is 0 Å². The average molecular weight is 825 g/mol. The number of nitrogens with one attached hydrogen (secondary N) is 2. The van der Waals surface area contributed by atoms with Crippen LogP contribution in [0.25, 0.3) is 0 Å². The first-order chi connectivity index (χ1) is 27.2. The summed E-state index contributed by atoms with van der Waals surface area (Å²) in [6, 6.07) is 4.84. The second kappa shape index (κ2) is 20.8. The Balaban J connectivity index is 1.91. The third-order valence-electron chi connectivity index (χ3n) is 7.94. The number of hydrogen-bond acceptors (Lipinski definition) is 20. The van der Waals surface area contributed by atoms with Gasteiger partial charge in [-0.3, -0.25) is 47.9 Å². The lowest BCUT2D eigenvalue weighted by Gasteiger charge is -2.44. The summed E-state index contributed by atoms with van der Waals surface area (Å²) in [4.78, 5) is 123. The summed E-state index contributed by atoms with van der Waals surface area (Å²) in [6.07, 6.45) is -15.0. The fraction of sp³-hybridized carbons (Fsp3) is 0.556. The molecule has 0 radical (unpaired) electrons. The predicted molar refractivity (Wildman–Crippen MR) is 185 cm³/mol. The van der Waals surface area contributed by atoms with Crippen LogP contribution in [-0.4, -0.2) is 134 Å². The van der Waals surface area contributed by atoms with E-state index in [0.717, 1.165) is 55.4 Å². The van der Waals surface area contributed by atoms with Crippen molar-refractivity contribution in [3.05, 3.63) is 35.4 Å². The molecule has 22 heteroatoms. The highest BCUT2D eigenvalue weighted by atomic mass is 16.7. The highest BCUT2D eigenvalue weighted by molar-refractivity contribution is 5.98. The first-order valence-electron chi connectivity index (χ1n) is 17.5. The van der Waals surface area contributed by atoms with Gasteiger partial charge >= 0.3 is 47.8 Å². The molecule has 2 heterocycles. The van der Waals surface area contributed by atoms with E-state index < -0.39 is 134 Å². The second-order valence-electron chi connectivity index (χ2n) is 12.8. The van der Waals surface area contributed by atoms with Crippen molar-refractivity contribution in [2.45, 2.75) is 117 Å². The smallest absolute Gasteiger partial charge is 0.303 e. The van der Waals surface area contributed by atoms with E-state index >= 15 is 0 Å². The molecular weight excluding hydrogens is 780 g/mol. The largest absolute Gasteiger partial charge is 0.463 e. The summed E-state index contributed by atoms with van der Waals surface area (Å²) in [6.45, 7) is 7.36. The standard InChI is InChI=1S/C36H44N2O20/c1-15(39)49-13-25-27(51-17(3)41)29(53-19(5)43)31(55-21(7)45)35(57-25)37-33(47)23-9-11-24(12-10-23)34(48)38-36-32(56-22(8)46)30(54-20(6)44)28(52-18(4)42)26(58-36)14-50-16(2)40/h9-12,25-32,35-36H,13-14H2,1-8H3,(H,37,47)(H,38,48)/t25-,26-,27+,28+,29+,30+,31-,32-,35?,36?/m1/s1. The van der Waals surface area contributed by atoms with Crippen LogP contribution in [0.4, 0.5) is 0 Å². The third kappa shape index (κ3) is 13.5. The lowest BCUT2D eigenvalue weighted by Crippen LogP contribution is -2.66. The summed E-state index contributed by atoms with van der Waals surface area (Å²) < 4.78 is 54.0. The summed E-state index contributed by atoms with van der Waals surface area (Å²) in [5.74, 6) is -8.45. The Kier molecular flexibility index (Phi) is 16.6. The Morgan fingerprint density at radius 3 is 0.931 bits per heavy atom. The van der Waals surface area contributed by atoms with Crippen molar-refractivity contribution in [2.75, 3.05) is 13.2 Å². The first kappa shape index (κ1) is 46.2. The molecule has 2 aliphatic rings. The Hall–Kier alpha value is -6.16. The molecule has 2 N–H and O–H groups in total. The molecule has 2 saturated heterocycles. The van der Waals surface area contributed by atoms with Crippen molar-refractivity contribution >= 4 is 59.6 Å². The Morgan fingerprint density at radius 2 is 0.672 bits per heavy atom. The van der Waals surface area contributed by atoms with E-state index in [9.17, 15) is 47.9 Å². The monoisotopic (exact) mass is 824 g/mol. The van der Waals surface area contributed by atoms with Crippen molar-refractivity contribution in [1.29, 1.82) is 0 Å². The van der Waals surface area contributed by atoms with Gasteiger partial charge in [-0.05, 0) is 24.3 Å². The summed E-state index contributed by atoms with van der Waals surface area (Å²) in [7, 11) is 0. The topological polar surface area (TPSA) is 287 Å². The molecule has 2 aliphatic heterocycles. The Morgan fingerprint density at radius 1 is 0.414 bits per heavy atom. The Labute approximate surface area is 330 Å². The van der Waals surface area contributed by atoms with E-state index in [2.05, 4.69) is 10.6 Å². The van der Waals surface area contributed by atoms with Crippen molar-refractivity contribution in [3.8, 4) is 0 Å². The molecule has 0 saturated carbocycles. The number of benzene rings is 1. The highest BCUT2D eigenvalue weighted by Gasteiger charge is 2.54. The van der Waals surface area contributed by atoms with E-state index in [-0.39, 0.29) is 11.1 Å². The maximum Gasteiger partial charge on any atom is 0.303 e. The minimum atomic E-state index is -1.59. The predicted octanol–water partition coefficient (Wildman–Crippen LogP) is -0.688. The van der Waals surface area contributed by atoms with Crippen LogP contribution in [0.1, 0.15) is 76.1 Å². The van der Waals surface area contributed by atoms with Crippen LogP contribution in [0.3, 0.4) is 0 Å². The first-order valence-corrected chi connectivity index (χ1v) is 17.5. The van der Waals surface area contributed by atoms with Gasteiger partial charge in [-0.1, -0.05) is 0 Å². The molecular formula is C36H44N2O20.